The maximum atomic E-state index is 13.6. The van der Waals surface area contributed by atoms with Gasteiger partial charge in [-0.05, 0) is 37.1 Å². The number of fused-ring (bicyclic) bond motifs is 8. The molecule has 9 heteroatoms. The zero-order valence-corrected chi connectivity index (χ0v) is 18.0. The van der Waals surface area contributed by atoms with E-state index in [0.717, 1.165) is 0 Å². The van der Waals surface area contributed by atoms with E-state index in [1.807, 2.05) is 6.07 Å². The van der Waals surface area contributed by atoms with Gasteiger partial charge in [0.15, 0.2) is 5.41 Å². The SMILES string of the molecule is Cc1cc2oc(=O)cc(C)c2c2c3c(c(=O)[nH]c12)C1(C(=O)Nc2ccccc21)C(C#N)=C(N)O3. The molecule has 0 fully saturated rings. The number of aromatic nitrogens is 1. The number of carbonyl (C=O) groups is 1. The van der Waals surface area contributed by atoms with Gasteiger partial charge in [0.25, 0.3) is 5.56 Å². The summed E-state index contributed by atoms with van der Waals surface area (Å²) in [4.78, 5) is 42.1. The number of rotatable bonds is 0. The minimum atomic E-state index is -1.80. The van der Waals surface area contributed by atoms with Gasteiger partial charge in [-0.25, -0.2) is 4.79 Å². The van der Waals surface area contributed by atoms with E-state index in [1.54, 1.807) is 44.2 Å². The fourth-order valence-electron chi connectivity index (χ4n) is 5.24. The van der Waals surface area contributed by atoms with Crippen molar-refractivity contribution in [1.29, 1.82) is 5.26 Å². The van der Waals surface area contributed by atoms with Crippen LogP contribution in [0.25, 0.3) is 21.9 Å². The van der Waals surface area contributed by atoms with Crippen LogP contribution in [-0.4, -0.2) is 10.9 Å². The molecule has 166 valence electrons. The maximum absolute atomic E-state index is 13.6. The Bertz CT molecular complexity index is 1820. The quantitative estimate of drug-likeness (QED) is 0.274. The molecule has 1 spiro atoms. The Hall–Kier alpha value is -4.84. The minimum Gasteiger partial charge on any atom is -0.439 e. The van der Waals surface area contributed by atoms with E-state index in [-0.39, 0.29) is 22.8 Å². The highest BCUT2D eigenvalue weighted by Crippen LogP contribution is 2.53. The normalized spacial score (nSPS) is 18.6. The first-order valence-corrected chi connectivity index (χ1v) is 10.4. The number of nitrogens with zero attached hydrogens (tertiary/aromatic N) is 1. The lowest BCUT2D eigenvalue weighted by atomic mass is 9.68. The number of amides is 1. The number of nitrogens with two attached hydrogens (primary N) is 1. The van der Waals surface area contributed by atoms with Crippen LogP contribution in [0.1, 0.15) is 22.3 Å². The summed E-state index contributed by atoms with van der Waals surface area (Å²) in [5, 5.41) is 13.8. The molecule has 4 heterocycles. The molecule has 2 aromatic heterocycles. The van der Waals surface area contributed by atoms with Crippen molar-refractivity contribution in [2.24, 2.45) is 5.73 Å². The van der Waals surface area contributed by atoms with E-state index in [0.29, 0.717) is 44.2 Å². The Morgan fingerprint density at radius 2 is 1.82 bits per heavy atom. The van der Waals surface area contributed by atoms with Crippen LogP contribution in [-0.2, 0) is 10.2 Å². The number of nitriles is 1. The number of benzene rings is 2. The number of H-pyrrole nitrogens is 1. The molecule has 0 saturated heterocycles. The predicted octanol–water partition coefficient (Wildman–Crippen LogP) is 2.58. The van der Waals surface area contributed by atoms with E-state index >= 15 is 0 Å². The van der Waals surface area contributed by atoms with Gasteiger partial charge in [0.1, 0.15) is 23.0 Å². The molecule has 2 aliphatic heterocycles. The molecule has 2 aliphatic rings. The van der Waals surface area contributed by atoms with Crippen LogP contribution in [0, 0.1) is 25.2 Å². The van der Waals surface area contributed by atoms with Crippen LogP contribution in [0.15, 0.2) is 61.9 Å². The average Bonchev–Trinajstić information content (AvgIpc) is 3.06. The van der Waals surface area contributed by atoms with Gasteiger partial charge in [-0.1, -0.05) is 18.2 Å². The predicted molar refractivity (Wildman–Crippen MR) is 123 cm³/mol. The lowest BCUT2D eigenvalue weighted by Gasteiger charge is -2.33. The topological polar surface area (TPSA) is 151 Å². The number of ether oxygens (including phenoxy) is 1. The third kappa shape index (κ3) is 2.19. The summed E-state index contributed by atoms with van der Waals surface area (Å²) in [6.07, 6.45) is 0. The zero-order chi connectivity index (χ0) is 23.9. The standard InChI is InChI=1S/C25H16N4O5/c1-10-8-16(30)33-15-7-11(2)20-18(17(10)15)21-19(23(31)29-20)25(13(9-26)22(27)34-21)12-5-3-4-6-14(12)28-24(25)32/h3-8H,27H2,1-2H3,(H,28,32)(H,29,31). The monoisotopic (exact) mass is 452 g/mol. The molecule has 4 N–H and O–H groups in total. The number of anilines is 1. The highest BCUT2D eigenvalue weighted by atomic mass is 16.5. The summed E-state index contributed by atoms with van der Waals surface area (Å²) in [6.45, 7) is 3.49. The third-order valence-electron chi connectivity index (χ3n) is 6.59. The second-order valence-corrected chi connectivity index (χ2v) is 8.43. The van der Waals surface area contributed by atoms with Crippen molar-refractivity contribution in [3.8, 4) is 11.8 Å². The first-order chi connectivity index (χ1) is 16.3. The Labute approximate surface area is 191 Å². The summed E-state index contributed by atoms with van der Waals surface area (Å²) in [6, 6.07) is 11.8. The van der Waals surface area contributed by atoms with Crippen molar-refractivity contribution >= 4 is 33.5 Å². The lowest BCUT2D eigenvalue weighted by molar-refractivity contribution is -0.118. The molecule has 6 rings (SSSR count). The van der Waals surface area contributed by atoms with Crippen LogP contribution in [0.3, 0.4) is 0 Å². The van der Waals surface area contributed by atoms with Crippen LogP contribution < -0.4 is 27.0 Å². The highest BCUT2D eigenvalue weighted by molar-refractivity contribution is 6.16. The number of carbonyl (C=O) groups excluding carboxylic acids is 1. The van der Waals surface area contributed by atoms with E-state index in [9.17, 15) is 19.6 Å². The van der Waals surface area contributed by atoms with Crippen molar-refractivity contribution in [3.63, 3.8) is 0 Å². The van der Waals surface area contributed by atoms with Crippen molar-refractivity contribution < 1.29 is 13.9 Å². The molecule has 0 saturated carbocycles. The summed E-state index contributed by atoms with van der Waals surface area (Å²) in [7, 11) is 0. The second-order valence-electron chi connectivity index (χ2n) is 8.43. The van der Waals surface area contributed by atoms with Gasteiger partial charge < -0.3 is 25.2 Å². The smallest absolute Gasteiger partial charge is 0.336 e. The van der Waals surface area contributed by atoms with Gasteiger partial charge in [0.05, 0.1) is 16.5 Å². The number of nitrogens with one attached hydrogen (secondary N) is 2. The van der Waals surface area contributed by atoms with Crippen LogP contribution >= 0.6 is 0 Å². The first kappa shape index (κ1) is 19.8. The van der Waals surface area contributed by atoms with Gasteiger partial charge >= 0.3 is 5.63 Å². The second kappa shape index (κ2) is 6.36. The molecule has 0 aliphatic carbocycles. The van der Waals surface area contributed by atoms with Gasteiger partial charge in [-0.2, -0.15) is 5.26 Å². The lowest BCUT2D eigenvalue weighted by Crippen LogP contribution is -2.46. The number of hydrogen-bond acceptors (Lipinski definition) is 7. The van der Waals surface area contributed by atoms with Crippen molar-refractivity contribution in [2.45, 2.75) is 19.3 Å². The Morgan fingerprint density at radius 1 is 1.06 bits per heavy atom. The van der Waals surface area contributed by atoms with Gasteiger partial charge in [0, 0.05) is 22.7 Å². The summed E-state index contributed by atoms with van der Waals surface area (Å²) in [5.74, 6) is -0.811. The largest absolute Gasteiger partial charge is 0.439 e. The Kier molecular flexibility index (Phi) is 3.71. The minimum absolute atomic E-state index is 0.0488. The molecule has 2 aromatic carbocycles. The summed E-state index contributed by atoms with van der Waals surface area (Å²) < 4.78 is 11.4. The van der Waals surface area contributed by atoms with Crippen LogP contribution in [0.4, 0.5) is 5.69 Å². The van der Waals surface area contributed by atoms with E-state index in [1.165, 1.54) is 6.07 Å². The number of pyridine rings is 1. The van der Waals surface area contributed by atoms with Gasteiger partial charge in [-0.3, -0.25) is 9.59 Å². The molecule has 0 bridgehead atoms. The fraction of sp³-hybridized carbons (Fsp3) is 0.120. The molecular weight excluding hydrogens is 436 g/mol. The van der Waals surface area contributed by atoms with Crippen LogP contribution in [0.2, 0.25) is 0 Å². The van der Waals surface area contributed by atoms with E-state index in [4.69, 9.17) is 14.9 Å². The Balaban J connectivity index is 1.91. The van der Waals surface area contributed by atoms with Crippen molar-refractivity contribution in [2.75, 3.05) is 5.32 Å². The number of hydrogen-bond donors (Lipinski definition) is 3. The van der Waals surface area contributed by atoms with Crippen LogP contribution in [0.5, 0.6) is 5.75 Å². The fourth-order valence-corrected chi connectivity index (χ4v) is 5.24. The molecule has 1 amide bonds. The average molecular weight is 452 g/mol. The number of para-hydroxylation sites is 1. The first-order valence-electron chi connectivity index (χ1n) is 10.4. The molecule has 4 aromatic rings. The number of aromatic amines is 1. The van der Waals surface area contributed by atoms with Crippen molar-refractivity contribution in [1.82, 2.24) is 4.98 Å². The third-order valence-corrected chi connectivity index (χ3v) is 6.59. The summed E-state index contributed by atoms with van der Waals surface area (Å²) >= 11 is 0. The van der Waals surface area contributed by atoms with E-state index in [2.05, 4.69) is 10.3 Å². The van der Waals surface area contributed by atoms with Crippen molar-refractivity contribution in [3.05, 3.63) is 90.9 Å². The molecule has 0 radical (unpaired) electrons. The molecular formula is C25H16N4O5. The van der Waals surface area contributed by atoms with Gasteiger partial charge in [0.2, 0.25) is 11.8 Å². The molecule has 1 atom stereocenters. The molecule has 9 nitrogen and oxygen atoms in total. The van der Waals surface area contributed by atoms with Gasteiger partial charge in [-0.15, -0.1) is 0 Å². The number of aryl methyl sites for hydroxylation is 2. The molecule has 34 heavy (non-hydrogen) atoms. The molecule has 1 unspecified atom stereocenters. The Morgan fingerprint density at radius 3 is 2.59 bits per heavy atom. The summed E-state index contributed by atoms with van der Waals surface area (Å²) in [5.41, 5.74) is 5.95. The maximum Gasteiger partial charge on any atom is 0.336 e. The zero-order valence-electron chi connectivity index (χ0n) is 18.0. The van der Waals surface area contributed by atoms with E-state index < -0.39 is 22.5 Å². The highest BCUT2D eigenvalue weighted by Gasteiger charge is 2.58.